The summed E-state index contributed by atoms with van der Waals surface area (Å²) < 4.78 is 6.36. The molecule has 4 heteroatoms. The van der Waals surface area contributed by atoms with Gasteiger partial charge in [0.05, 0.1) is 12.0 Å². The first kappa shape index (κ1) is 13.8. The fraction of sp³-hybridized carbons (Fsp3) is 0.429. The van der Waals surface area contributed by atoms with Gasteiger partial charge in [0.15, 0.2) is 0 Å². The van der Waals surface area contributed by atoms with Crippen molar-refractivity contribution in [3.8, 4) is 0 Å². The van der Waals surface area contributed by atoms with Crippen LogP contribution < -0.4 is 5.32 Å². The van der Waals surface area contributed by atoms with Crippen molar-refractivity contribution in [3.63, 3.8) is 0 Å². The second kappa shape index (κ2) is 7.10. The third kappa shape index (κ3) is 3.69. The molecule has 1 aromatic carbocycles. The van der Waals surface area contributed by atoms with E-state index in [9.17, 15) is 0 Å². The average molecular weight is 284 g/mol. The number of thiophene rings is 1. The van der Waals surface area contributed by atoms with Gasteiger partial charge in [-0.25, -0.2) is 0 Å². The molecule has 1 heterocycles. The summed E-state index contributed by atoms with van der Waals surface area (Å²) in [5.41, 5.74) is 1.37. The molecule has 0 saturated heterocycles. The van der Waals surface area contributed by atoms with Crippen LogP contribution in [-0.2, 0) is 11.3 Å². The second-order valence-corrected chi connectivity index (χ2v) is 5.80. The Balaban J connectivity index is 1.80. The van der Waals surface area contributed by atoms with Crippen LogP contribution in [0.4, 0.5) is 0 Å². The fourth-order valence-corrected chi connectivity index (χ4v) is 3.11. The van der Waals surface area contributed by atoms with Crippen LogP contribution in [0.3, 0.4) is 0 Å². The Morgan fingerprint density at radius 2 is 2.22 bits per heavy atom. The first-order valence-electron chi connectivity index (χ1n) is 6.10. The highest BCUT2D eigenvalue weighted by Gasteiger charge is 2.05. The number of rotatable bonds is 7. The Morgan fingerprint density at radius 1 is 1.39 bits per heavy atom. The number of halogens is 1. The predicted molar refractivity (Wildman–Crippen MR) is 79.7 cm³/mol. The van der Waals surface area contributed by atoms with E-state index in [1.54, 1.807) is 18.4 Å². The van der Waals surface area contributed by atoms with Crippen LogP contribution >= 0.6 is 22.9 Å². The largest absolute Gasteiger partial charge is 0.383 e. The number of hydrogen-bond acceptors (Lipinski definition) is 3. The zero-order valence-corrected chi connectivity index (χ0v) is 12.1. The summed E-state index contributed by atoms with van der Waals surface area (Å²) >= 11 is 7.87. The molecule has 0 aliphatic carbocycles. The van der Waals surface area contributed by atoms with Crippen LogP contribution in [0.15, 0.2) is 29.6 Å². The number of ether oxygens (including phenoxy) is 1. The molecule has 1 aromatic heterocycles. The first-order chi connectivity index (χ1) is 8.81. The average Bonchev–Trinajstić information content (AvgIpc) is 2.78. The molecule has 2 aromatic rings. The molecular formula is C14H18ClNOS. The van der Waals surface area contributed by atoms with Crippen molar-refractivity contribution >= 4 is 33.0 Å². The summed E-state index contributed by atoms with van der Waals surface area (Å²) in [4.78, 5) is 0. The lowest BCUT2D eigenvalue weighted by molar-refractivity contribution is 0.195. The van der Waals surface area contributed by atoms with Gasteiger partial charge in [-0.05, 0) is 35.4 Å². The molecule has 2 rings (SSSR count). The topological polar surface area (TPSA) is 21.3 Å². The summed E-state index contributed by atoms with van der Waals surface area (Å²) in [5.74, 6) is 0. The Labute approximate surface area is 117 Å². The summed E-state index contributed by atoms with van der Waals surface area (Å²) in [6, 6.07) is 8.51. The lowest BCUT2D eigenvalue weighted by atomic mass is 10.2. The van der Waals surface area contributed by atoms with Gasteiger partial charge in [-0.3, -0.25) is 0 Å². The SMILES string of the molecule is COCC(Cl)CCNCc1csc2ccccc12. The standard InChI is InChI=1S/C14H18ClNOS/c1-17-9-12(15)6-7-16-8-11-10-18-14-5-3-2-4-13(11)14/h2-5,10,12,16H,6-9H2,1H3. The maximum absolute atomic E-state index is 6.07. The minimum Gasteiger partial charge on any atom is -0.383 e. The van der Waals surface area contributed by atoms with Crippen LogP contribution in [0.1, 0.15) is 12.0 Å². The number of nitrogens with one attached hydrogen (secondary N) is 1. The molecular weight excluding hydrogens is 266 g/mol. The lowest BCUT2D eigenvalue weighted by Gasteiger charge is -2.08. The minimum absolute atomic E-state index is 0.0988. The number of hydrogen-bond donors (Lipinski definition) is 1. The van der Waals surface area contributed by atoms with E-state index >= 15 is 0 Å². The third-order valence-electron chi connectivity index (χ3n) is 2.86. The first-order valence-corrected chi connectivity index (χ1v) is 7.41. The molecule has 0 radical (unpaired) electrons. The van der Waals surface area contributed by atoms with Gasteiger partial charge in [-0.15, -0.1) is 22.9 Å². The van der Waals surface area contributed by atoms with Crippen molar-refractivity contribution in [3.05, 3.63) is 35.2 Å². The van der Waals surface area contributed by atoms with Gasteiger partial charge in [0.1, 0.15) is 0 Å². The zero-order chi connectivity index (χ0) is 12.8. The fourth-order valence-electron chi connectivity index (χ4n) is 1.92. The highest BCUT2D eigenvalue weighted by molar-refractivity contribution is 7.17. The van der Waals surface area contributed by atoms with E-state index in [-0.39, 0.29) is 5.38 Å². The quantitative estimate of drug-likeness (QED) is 0.619. The zero-order valence-electron chi connectivity index (χ0n) is 10.5. The number of methoxy groups -OCH3 is 1. The Kier molecular flexibility index (Phi) is 5.45. The van der Waals surface area contributed by atoms with Crippen molar-refractivity contribution in [2.75, 3.05) is 20.3 Å². The van der Waals surface area contributed by atoms with Gasteiger partial charge in [0.2, 0.25) is 0 Å². The van der Waals surface area contributed by atoms with E-state index in [2.05, 4.69) is 35.0 Å². The molecule has 0 spiro atoms. The van der Waals surface area contributed by atoms with Crippen LogP contribution in [0.5, 0.6) is 0 Å². The summed E-state index contributed by atoms with van der Waals surface area (Å²) in [6.45, 7) is 2.44. The predicted octanol–water partition coefficient (Wildman–Crippen LogP) is 3.63. The van der Waals surface area contributed by atoms with Gasteiger partial charge in [0.25, 0.3) is 0 Å². The van der Waals surface area contributed by atoms with Gasteiger partial charge in [-0.1, -0.05) is 18.2 Å². The molecule has 1 atom stereocenters. The normalized spacial score (nSPS) is 13.0. The summed E-state index contributed by atoms with van der Waals surface area (Å²) in [5, 5.41) is 7.12. The molecule has 0 amide bonds. The Morgan fingerprint density at radius 3 is 3.06 bits per heavy atom. The monoisotopic (exact) mass is 283 g/mol. The molecule has 2 nitrogen and oxygen atoms in total. The summed E-state index contributed by atoms with van der Waals surface area (Å²) in [6.07, 6.45) is 0.928. The maximum Gasteiger partial charge on any atom is 0.0626 e. The highest BCUT2D eigenvalue weighted by Crippen LogP contribution is 2.25. The third-order valence-corrected chi connectivity index (χ3v) is 4.21. The number of alkyl halides is 1. The van der Waals surface area contributed by atoms with Gasteiger partial charge < -0.3 is 10.1 Å². The Bertz CT molecular complexity index is 485. The molecule has 0 saturated carbocycles. The van der Waals surface area contributed by atoms with Crippen LogP contribution in [0, 0.1) is 0 Å². The molecule has 0 aliphatic rings. The van der Waals surface area contributed by atoms with E-state index in [4.69, 9.17) is 16.3 Å². The van der Waals surface area contributed by atoms with Crippen molar-refractivity contribution in [2.24, 2.45) is 0 Å². The van der Waals surface area contributed by atoms with Crippen LogP contribution in [0.2, 0.25) is 0 Å². The van der Waals surface area contributed by atoms with Crippen molar-refractivity contribution < 1.29 is 4.74 Å². The summed E-state index contributed by atoms with van der Waals surface area (Å²) in [7, 11) is 1.68. The highest BCUT2D eigenvalue weighted by atomic mass is 35.5. The Hall–Kier alpha value is -0.610. The van der Waals surface area contributed by atoms with Crippen molar-refractivity contribution in [1.82, 2.24) is 5.32 Å². The number of benzene rings is 1. The molecule has 18 heavy (non-hydrogen) atoms. The molecule has 1 unspecified atom stereocenters. The molecule has 0 fully saturated rings. The maximum atomic E-state index is 6.07. The molecule has 1 N–H and O–H groups in total. The van der Waals surface area contributed by atoms with E-state index in [1.807, 2.05) is 0 Å². The van der Waals surface area contributed by atoms with Gasteiger partial charge in [0, 0.05) is 18.4 Å². The van der Waals surface area contributed by atoms with Crippen molar-refractivity contribution in [1.29, 1.82) is 0 Å². The van der Waals surface area contributed by atoms with Crippen molar-refractivity contribution in [2.45, 2.75) is 18.3 Å². The van der Waals surface area contributed by atoms with Crippen LogP contribution in [-0.4, -0.2) is 25.6 Å². The van der Waals surface area contributed by atoms with Crippen LogP contribution in [0.25, 0.3) is 10.1 Å². The number of fused-ring (bicyclic) bond motifs is 1. The van der Waals surface area contributed by atoms with E-state index in [1.165, 1.54) is 15.6 Å². The van der Waals surface area contributed by atoms with E-state index < -0.39 is 0 Å². The molecule has 0 bridgehead atoms. The molecule has 98 valence electrons. The van der Waals surface area contributed by atoms with E-state index in [0.717, 1.165) is 19.5 Å². The van der Waals surface area contributed by atoms with Gasteiger partial charge in [-0.2, -0.15) is 0 Å². The second-order valence-electron chi connectivity index (χ2n) is 4.28. The minimum atomic E-state index is 0.0988. The van der Waals surface area contributed by atoms with E-state index in [0.29, 0.717) is 6.61 Å². The smallest absolute Gasteiger partial charge is 0.0626 e. The van der Waals surface area contributed by atoms with Gasteiger partial charge >= 0.3 is 0 Å². The lowest BCUT2D eigenvalue weighted by Crippen LogP contribution is -2.19. The molecule has 0 aliphatic heterocycles.